The first kappa shape index (κ1) is 33.1. The van der Waals surface area contributed by atoms with Gasteiger partial charge in [0.05, 0.1) is 29.0 Å². The molecule has 1 aliphatic carbocycles. The summed E-state index contributed by atoms with van der Waals surface area (Å²) in [5.41, 5.74) is 3.57. The Labute approximate surface area is 269 Å². The van der Waals surface area contributed by atoms with Gasteiger partial charge < -0.3 is 19.8 Å². The van der Waals surface area contributed by atoms with Gasteiger partial charge in [0.2, 0.25) is 5.91 Å². The predicted octanol–water partition coefficient (Wildman–Crippen LogP) is 6.87. The standard InChI is InChI=1S/C32H36F2N6O3.C3H8/c1-4-28(42)39-13-6-9-21-24(38(3)25-11-10-20(15-27(25)41)19-7-5-8-19)12-14-40(26(21)18-39)31(43)23-16-35-30(32(2,33)34)29-22(23)17-36-37-29;1-3-2/h4,10-11,15-17,19,26,41H,1,5-9,12-14,18H2,2-3H3,(H,36,37);3H2,1-2H3. The first-order valence-corrected chi connectivity index (χ1v) is 16.2. The highest BCUT2D eigenvalue weighted by Crippen LogP contribution is 2.42. The molecule has 2 amide bonds. The number of carbonyl (C=O) groups excluding carboxylic acids is 2. The lowest BCUT2D eigenvalue weighted by Gasteiger charge is -2.42. The molecule has 9 nitrogen and oxygen atoms in total. The Kier molecular flexibility index (Phi) is 9.79. The Morgan fingerprint density at radius 2 is 1.91 bits per heavy atom. The molecule has 1 saturated heterocycles. The Morgan fingerprint density at radius 1 is 1.17 bits per heavy atom. The highest BCUT2D eigenvalue weighted by molar-refractivity contribution is 6.06. The number of hydrogen-bond acceptors (Lipinski definition) is 6. The van der Waals surface area contributed by atoms with Gasteiger partial charge in [-0.25, -0.2) is 0 Å². The highest BCUT2D eigenvalue weighted by Gasteiger charge is 2.39. The minimum atomic E-state index is -3.22. The van der Waals surface area contributed by atoms with Crippen molar-refractivity contribution < 1.29 is 23.5 Å². The number of aromatic amines is 1. The van der Waals surface area contributed by atoms with Crippen LogP contribution in [0.15, 0.2) is 54.5 Å². The molecule has 1 atom stereocenters. The van der Waals surface area contributed by atoms with E-state index in [1.165, 1.54) is 31.3 Å². The molecule has 2 N–H and O–H groups in total. The second-order valence-corrected chi connectivity index (χ2v) is 12.5. The molecule has 2 fully saturated rings. The van der Waals surface area contributed by atoms with Crippen molar-refractivity contribution in [1.29, 1.82) is 0 Å². The zero-order chi connectivity index (χ0) is 33.2. The molecule has 0 spiro atoms. The van der Waals surface area contributed by atoms with Crippen LogP contribution in [0.1, 0.15) is 93.3 Å². The second-order valence-electron chi connectivity index (χ2n) is 12.5. The summed E-state index contributed by atoms with van der Waals surface area (Å²) in [6, 6.07) is 5.44. The number of phenolic OH excluding ortho intramolecular Hbond substituents is 1. The Morgan fingerprint density at radius 3 is 2.54 bits per heavy atom. The number of fused-ring (bicyclic) bond motifs is 2. The zero-order valence-electron chi connectivity index (χ0n) is 27.2. The number of aromatic hydroxyl groups is 1. The third kappa shape index (κ3) is 6.37. The van der Waals surface area contributed by atoms with Crippen LogP contribution in [0.2, 0.25) is 0 Å². The van der Waals surface area contributed by atoms with Crippen molar-refractivity contribution in [2.24, 2.45) is 0 Å². The Balaban J connectivity index is 0.00000134. The topological polar surface area (TPSA) is 106 Å². The third-order valence-electron chi connectivity index (χ3n) is 9.23. The number of H-pyrrole nitrogens is 1. The fourth-order valence-corrected chi connectivity index (χ4v) is 6.72. The molecule has 11 heteroatoms. The number of aromatic nitrogens is 3. The molecule has 1 aromatic carbocycles. The SMILES string of the molecule is C=CC(=O)N1CCCC2=C(N(C)c3ccc(C4CCC4)cc3O)CCN(C(=O)c3cnc(C(C)(F)F)c4[nH]ncc34)C2C1.CCC. The van der Waals surface area contributed by atoms with Crippen LogP contribution in [0.3, 0.4) is 0 Å². The molecule has 0 bridgehead atoms. The Bertz CT molecular complexity index is 1640. The summed E-state index contributed by atoms with van der Waals surface area (Å²) in [4.78, 5) is 36.3. The molecule has 246 valence electrons. The van der Waals surface area contributed by atoms with Crippen molar-refractivity contribution in [2.45, 2.75) is 83.6 Å². The van der Waals surface area contributed by atoms with E-state index in [1.54, 1.807) is 9.80 Å². The number of pyridine rings is 1. The number of benzene rings is 1. The lowest BCUT2D eigenvalue weighted by Crippen LogP contribution is -2.51. The summed E-state index contributed by atoms with van der Waals surface area (Å²) in [5.74, 6) is -3.09. The molecule has 0 radical (unpaired) electrons. The van der Waals surface area contributed by atoms with E-state index in [9.17, 15) is 23.5 Å². The van der Waals surface area contributed by atoms with Gasteiger partial charge in [-0.3, -0.25) is 19.7 Å². The van der Waals surface area contributed by atoms with Crippen LogP contribution in [-0.2, 0) is 10.7 Å². The lowest BCUT2D eigenvalue weighted by molar-refractivity contribution is -0.126. The first-order valence-electron chi connectivity index (χ1n) is 16.2. The van der Waals surface area contributed by atoms with E-state index < -0.39 is 17.7 Å². The minimum Gasteiger partial charge on any atom is -0.506 e. The van der Waals surface area contributed by atoms with Crippen LogP contribution in [-0.4, -0.2) is 74.6 Å². The van der Waals surface area contributed by atoms with E-state index in [1.807, 2.05) is 24.1 Å². The molecular formula is C35H44F2N6O3. The van der Waals surface area contributed by atoms with Gasteiger partial charge >= 0.3 is 0 Å². The fourth-order valence-electron chi connectivity index (χ4n) is 6.72. The molecule has 3 aliphatic rings. The van der Waals surface area contributed by atoms with Crippen LogP contribution in [0, 0.1) is 0 Å². The highest BCUT2D eigenvalue weighted by atomic mass is 19.3. The Hall–Kier alpha value is -4.28. The summed E-state index contributed by atoms with van der Waals surface area (Å²) >= 11 is 0. The number of anilines is 1. The molecule has 46 heavy (non-hydrogen) atoms. The van der Waals surface area contributed by atoms with Gasteiger partial charge in [0, 0.05) is 57.3 Å². The fraction of sp³-hybridized carbons (Fsp3) is 0.486. The van der Waals surface area contributed by atoms with Crippen LogP contribution in [0.5, 0.6) is 5.75 Å². The number of likely N-dealkylation sites (tertiary alicyclic amines) is 1. The summed E-state index contributed by atoms with van der Waals surface area (Å²) in [6.07, 6.45) is 10.4. The van der Waals surface area contributed by atoms with Gasteiger partial charge in [0.25, 0.3) is 11.8 Å². The lowest BCUT2D eigenvalue weighted by atomic mass is 9.80. The van der Waals surface area contributed by atoms with E-state index in [4.69, 9.17) is 0 Å². The second kappa shape index (κ2) is 13.6. The maximum absolute atomic E-state index is 14.3. The summed E-state index contributed by atoms with van der Waals surface area (Å²) in [7, 11) is 1.93. The molecule has 3 aromatic rings. The molecule has 1 saturated carbocycles. The van der Waals surface area contributed by atoms with E-state index in [-0.39, 0.29) is 40.6 Å². The van der Waals surface area contributed by atoms with Crippen molar-refractivity contribution in [3.63, 3.8) is 0 Å². The summed E-state index contributed by atoms with van der Waals surface area (Å²) in [5, 5.41) is 17.8. The van der Waals surface area contributed by atoms with Gasteiger partial charge in [0.15, 0.2) is 0 Å². The smallest absolute Gasteiger partial charge is 0.289 e. The maximum Gasteiger partial charge on any atom is 0.289 e. The van der Waals surface area contributed by atoms with E-state index in [2.05, 4.69) is 41.7 Å². The third-order valence-corrected chi connectivity index (χ3v) is 9.23. The van der Waals surface area contributed by atoms with Crippen molar-refractivity contribution in [1.82, 2.24) is 25.0 Å². The van der Waals surface area contributed by atoms with Crippen molar-refractivity contribution >= 4 is 28.4 Å². The number of nitrogens with zero attached hydrogens (tertiary/aromatic N) is 5. The van der Waals surface area contributed by atoms with Crippen LogP contribution < -0.4 is 4.90 Å². The van der Waals surface area contributed by atoms with Crippen molar-refractivity contribution in [3.8, 4) is 5.75 Å². The minimum absolute atomic E-state index is 0.0247. The molecular weight excluding hydrogens is 590 g/mol. The number of phenols is 1. The number of hydrogen-bond donors (Lipinski definition) is 2. The number of halogens is 2. The number of rotatable bonds is 6. The average Bonchev–Trinajstić information content (AvgIpc) is 3.37. The average molecular weight is 635 g/mol. The molecule has 6 rings (SSSR count). The zero-order valence-corrected chi connectivity index (χ0v) is 27.2. The van der Waals surface area contributed by atoms with E-state index >= 15 is 0 Å². The van der Waals surface area contributed by atoms with Crippen LogP contribution in [0.25, 0.3) is 10.9 Å². The number of carbonyl (C=O) groups is 2. The van der Waals surface area contributed by atoms with Crippen molar-refractivity contribution in [3.05, 3.63) is 71.3 Å². The van der Waals surface area contributed by atoms with Gasteiger partial charge in [-0.2, -0.15) is 13.9 Å². The summed E-state index contributed by atoms with van der Waals surface area (Å²) < 4.78 is 28.5. The van der Waals surface area contributed by atoms with E-state index in [0.717, 1.165) is 36.6 Å². The van der Waals surface area contributed by atoms with Crippen molar-refractivity contribution in [2.75, 3.05) is 31.6 Å². The number of nitrogens with one attached hydrogen (secondary N) is 1. The predicted molar refractivity (Wildman–Crippen MR) is 175 cm³/mol. The molecule has 2 aromatic heterocycles. The normalized spacial score (nSPS) is 18.7. The number of alkyl halides is 2. The van der Waals surface area contributed by atoms with Crippen LogP contribution >= 0.6 is 0 Å². The van der Waals surface area contributed by atoms with Crippen LogP contribution in [0.4, 0.5) is 14.5 Å². The molecule has 1 unspecified atom stereocenters. The maximum atomic E-state index is 14.3. The monoisotopic (exact) mass is 634 g/mol. The molecule has 2 aliphatic heterocycles. The van der Waals surface area contributed by atoms with Gasteiger partial charge in [-0.05, 0) is 60.9 Å². The van der Waals surface area contributed by atoms with Gasteiger partial charge in [-0.15, -0.1) is 0 Å². The molecule has 4 heterocycles. The van der Waals surface area contributed by atoms with E-state index in [0.29, 0.717) is 44.0 Å². The largest absolute Gasteiger partial charge is 0.506 e. The summed E-state index contributed by atoms with van der Waals surface area (Å²) in [6.45, 7) is 9.76. The van der Waals surface area contributed by atoms with Gasteiger partial charge in [0.1, 0.15) is 11.4 Å². The number of amides is 2. The van der Waals surface area contributed by atoms with Gasteiger partial charge in [-0.1, -0.05) is 39.3 Å². The first-order chi connectivity index (χ1) is 22.0. The quantitative estimate of drug-likeness (QED) is 0.287.